The lowest BCUT2D eigenvalue weighted by molar-refractivity contribution is 0.0538. The molecule has 78 valence electrons. The Hall–Kier alpha value is -0.960. The number of hydrogen-bond donors (Lipinski definition) is 0. The zero-order valence-corrected chi connectivity index (χ0v) is 9.55. The number of carbonyl (C=O) groups excluding carboxylic acids is 1. The third-order valence-electron chi connectivity index (χ3n) is 1.50. The van der Waals surface area contributed by atoms with Crippen LogP contribution in [0, 0.1) is 6.92 Å². The molecular formula is C10H14ClNO2. The maximum absolute atomic E-state index is 11.6. The summed E-state index contributed by atoms with van der Waals surface area (Å²) < 4.78 is 6.45. The van der Waals surface area contributed by atoms with E-state index >= 15 is 0 Å². The molecule has 1 aromatic heterocycles. The third kappa shape index (κ3) is 2.77. The quantitative estimate of drug-likeness (QED) is 0.665. The van der Waals surface area contributed by atoms with Crippen LogP contribution in [0.4, 0.5) is 4.79 Å². The lowest BCUT2D eigenvalue weighted by atomic mass is 10.2. The van der Waals surface area contributed by atoms with Gasteiger partial charge in [0, 0.05) is 6.20 Å². The smallest absolute Gasteiger partial charge is 0.419 e. The van der Waals surface area contributed by atoms with E-state index in [-0.39, 0.29) is 0 Å². The highest BCUT2D eigenvalue weighted by molar-refractivity contribution is 6.30. The number of halogens is 1. The van der Waals surface area contributed by atoms with Gasteiger partial charge >= 0.3 is 6.09 Å². The predicted molar refractivity (Wildman–Crippen MR) is 55.8 cm³/mol. The van der Waals surface area contributed by atoms with Crippen LogP contribution in [0.5, 0.6) is 0 Å². The number of aryl methyl sites for hydroxylation is 1. The van der Waals surface area contributed by atoms with Crippen molar-refractivity contribution in [3.63, 3.8) is 0 Å². The Balaban J connectivity index is 2.85. The second kappa shape index (κ2) is 3.65. The zero-order valence-electron chi connectivity index (χ0n) is 8.80. The molecule has 0 saturated carbocycles. The Kier molecular flexibility index (Phi) is 2.90. The first-order valence-corrected chi connectivity index (χ1v) is 4.75. The number of carbonyl (C=O) groups is 1. The largest absolute Gasteiger partial charge is 0.443 e. The van der Waals surface area contributed by atoms with E-state index in [1.54, 1.807) is 12.3 Å². The van der Waals surface area contributed by atoms with Gasteiger partial charge in [0.2, 0.25) is 0 Å². The minimum atomic E-state index is -0.501. The lowest BCUT2D eigenvalue weighted by Gasteiger charge is -2.19. The van der Waals surface area contributed by atoms with Gasteiger partial charge in [-0.05, 0) is 39.3 Å². The van der Waals surface area contributed by atoms with Crippen LogP contribution >= 0.6 is 11.6 Å². The molecule has 1 heterocycles. The molecule has 14 heavy (non-hydrogen) atoms. The van der Waals surface area contributed by atoms with Crippen molar-refractivity contribution in [3.05, 3.63) is 23.0 Å². The minimum Gasteiger partial charge on any atom is -0.443 e. The highest BCUT2D eigenvalue weighted by Gasteiger charge is 2.19. The number of ether oxygens (including phenoxy) is 1. The highest BCUT2D eigenvalue weighted by Crippen LogP contribution is 2.16. The molecule has 0 amide bonds. The molecule has 0 atom stereocenters. The molecule has 0 aliphatic rings. The van der Waals surface area contributed by atoms with Crippen molar-refractivity contribution in [2.45, 2.75) is 33.3 Å². The van der Waals surface area contributed by atoms with Crippen molar-refractivity contribution in [1.82, 2.24) is 4.57 Å². The maximum Gasteiger partial charge on any atom is 0.419 e. The summed E-state index contributed by atoms with van der Waals surface area (Å²) in [5.41, 5.74) is 0.430. The lowest BCUT2D eigenvalue weighted by Crippen LogP contribution is -2.26. The van der Waals surface area contributed by atoms with Gasteiger partial charge in [-0.3, -0.25) is 0 Å². The molecule has 0 unspecified atom stereocenters. The minimum absolute atomic E-state index is 0.372. The summed E-state index contributed by atoms with van der Waals surface area (Å²) >= 11 is 5.83. The second-order valence-corrected chi connectivity index (χ2v) is 4.58. The number of rotatable bonds is 0. The number of aromatic nitrogens is 1. The third-order valence-corrected chi connectivity index (χ3v) is 1.79. The molecule has 0 N–H and O–H groups in total. The van der Waals surface area contributed by atoms with E-state index in [2.05, 4.69) is 0 Å². The van der Waals surface area contributed by atoms with Gasteiger partial charge in [0.1, 0.15) is 10.8 Å². The van der Waals surface area contributed by atoms with Gasteiger partial charge in [0.15, 0.2) is 0 Å². The van der Waals surface area contributed by atoms with Gasteiger partial charge in [0.25, 0.3) is 0 Å². The Morgan fingerprint density at radius 1 is 1.50 bits per heavy atom. The van der Waals surface area contributed by atoms with E-state index in [1.165, 1.54) is 4.57 Å². The van der Waals surface area contributed by atoms with Crippen molar-refractivity contribution in [2.75, 3.05) is 0 Å². The fourth-order valence-corrected chi connectivity index (χ4v) is 1.30. The number of nitrogens with zero attached hydrogens (tertiary/aromatic N) is 1. The molecule has 0 saturated heterocycles. The molecule has 1 rings (SSSR count). The molecule has 0 radical (unpaired) electrons. The standard InChI is InChI=1S/C10H14ClNO2/c1-7-5-8(11)12(6-7)9(13)14-10(2,3)4/h5-6H,1-4H3. The van der Waals surface area contributed by atoms with Crippen LogP contribution in [-0.4, -0.2) is 16.3 Å². The van der Waals surface area contributed by atoms with E-state index in [1.807, 2.05) is 27.7 Å². The van der Waals surface area contributed by atoms with Gasteiger partial charge in [-0.15, -0.1) is 0 Å². The Labute approximate surface area is 88.6 Å². The van der Waals surface area contributed by atoms with Gasteiger partial charge in [0.05, 0.1) is 0 Å². The first kappa shape index (κ1) is 11.1. The fourth-order valence-electron chi connectivity index (χ4n) is 1.01. The molecule has 3 nitrogen and oxygen atoms in total. The van der Waals surface area contributed by atoms with E-state index in [4.69, 9.17) is 16.3 Å². The summed E-state index contributed by atoms with van der Waals surface area (Å²) in [4.78, 5) is 11.6. The van der Waals surface area contributed by atoms with Crippen LogP contribution in [0.1, 0.15) is 26.3 Å². The summed E-state index contributed by atoms with van der Waals surface area (Å²) in [6.45, 7) is 7.31. The van der Waals surface area contributed by atoms with Gasteiger partial charge in [-0.25, -0.2) is 9.36 Å². The molecule has 1 aromatic rings. The van der Waals surface area contributed by atoms with Crippen LogP contribution in [0.3, 0.4) is 0 Å². The van der Waals surface area contributed by atoms with Crippen LogP contribution in [0.2, 0.25) is 5.15 Å². The normalized spacial score (nSPS) is 11.5. The van der Waals surface area contributed by atoms with Crippen molar-refractivity contribution in [3.8, 4) is 0 Å². The first-order chi connectivity index (χ1) is 6.29. The van der Waals surface area contributed by atoms with Crippen LogP contribution < -0.4 is 0 Å². The Bertz CT molecular complexity index is 349. The van der Waals surface area contributed by atoms with E-state index in [9.17, 15) is 4.79 Å². The van der Waals surface area contributed by atoms with Crippen molar-refractivity contribution in [2.24, 2.45) is 0 Å². The summed E-state index contributed by atoms with van der Waals surface area (Å²) in [5, 5.41) is 0.372. The average Bonchev–Trinajstić information content (AvgIpc) is 2.26. The topological polar surface area (TPSA) is 31.2 Å². The summed E-state index contributed by atoms with van der Waals surface area (Å²) in [6, 6.07) is 1.71. The van der Waals surface area contributed by atoms with Crippen LogP contribution in [0.25, 0.3) is 0 Å². The van der Waals surface area contributed by atoms with E-state index < -0.39 is 11.7 Å². The summed E-state index contributed by atoms with van der Waals surface area (Å²) in [7, 11) is 0. The predicted octanol–water partition coefficient (Wildman–Crippen LogP) is 3.23. The fraction of sp³-hybridized carbons (Fsp3) is 0.500. The summed E-state index contributed by atoms with van der Waals surface area (Å²) in [5.74, 6) is 0. The molecule has 4 heteroatoms. The molecule has 0 spiro atoms. The first-order valence-electron chi connectivity index (χ1n) is 4.37. The van der Waals surface area contributed by atoms with Gasteiger partial charge in [-0.1, -0.05) is 11.6 Å². The molecule has 0 aromatic carbocycles. The van der Waals surface area contributed by atoms with Crippen LogP contribution in [0.15, 0.2) is 12.3 Å². The molecule has 0 aliphatic heterocycles. The molecule has 0 aliphatic carbocycles. The molecular weight excluding hydrogens is 202 g/mol. The highest BCUT2D eigenvalue weighted by atomic mass is 35.5. The maximum atomic E-state index is 11.6. The van der Waals surface area contributed by atoms with E-state index in [0.29, 0.717) is 5.15 Å². The Morgan fingerprint density at radius 3 is 2.43 bits per heavy atom. The molecule has 0 bridgehead atoms. The number of hydrogen-bond acceptors (Lipinski definition) is 2. The summed E-state index contributed by atoms with van der Waals surface area (Å²) in [6.07, 6.45) is 1.20. The Morgan fingerprint density at radius 2 is 2.07 bits per heavy atom. The van der Waals surface area contributed by atoms with Crippen molar-refractivity contribution < 1.29 is 9.53 Å². The van der Waals surface area contributed by atoms with Crippen molar-refractivity contribution in [1.29, 1.82) is 0 Å². The second-order valence-electron chi connectivity index (χ2n) is 4.19. The average molecular weight is 216 g/mol. The van der Waals surface area contributed by atoms with Gasteiger partial charge < -0.3 is 4.74 Å². The molecule has 0 fully saturated rings. The zero-order chi connectivity index (χ0) is 10.9. The van der Waals surface area contributed by atoms with Gasteiger partial charge in [-0.2, -0.15) is 0 Å². The monoisotopic (exact) mass is 215 g/mol. The van der Waals surface area contributed by atoms with Crippen LogP contribution in [-0.2, 0) is 4.74 Å². The SMILES string of the molecule is Cc1cc(Cl)n(C(=O)OC(C)(C)C)c1. The van der Waals surface area contributed by atoms with Crippen molar-refractivity contribution >= 4 is 17.7 Å². The van der Waals surface area contributed by atoms with E-state index in [0.717, 1.165) is 5.56 Å².